The van der Waals surface area contributed by atoms with E-state index in [1.54, 1.807) is 29.7 Å². The van der Waals surface area contributed by atoms with Gasteiger partial charge in [-0.2, -0.15) is 4.57 Å². The summed E-state index contributed by atoms with van der Waals surface area (Å²) >= 11 is 1.69. The molecule has 2 aromatic carbocycles. The highest BCUT2D eigenvalue weighted by molar-refractivity contribution is 7.85. The maximum absolute atomic E-state index is 10.4. The van der Waals surface area contributed by atoms with E-state index >= 15 is 0 Å². The SMILES string of the molecule is CC.CCN(CC)c1ccc(/C=C/c2sc3occc3[n+]2CC)cc1.Cc1ccc(S(=O)(=O)[O-])cc1. The first-order valence-corrected chi connectivity index (χ1v) is 14.4. The van der Waals surface area contributed by atoms with E-state index in [2.05, 4.69) is 66.7 Å². The largest absolute Gasteiger partial charge is 0.744 e. The van der Waals surface area contributed by atoms with Gasteiger partial charge < -0.3 is 13.9 Å². The number of aromatic nitrogens is 1. The molecule has 0 fully saturated rings. The molecular formula is C28H36N2O4S2. The summed E-state index contributed by atoms with van der Waals surface area (Å²) in [5.74, 6) is 0. The Morgan fingerprint density at radius 2 is 1.56 bits per heavy atom. The minimum absolute atomic E-state index is 0.178. The van der Waals surface area contributed by atoms with E-state index in [1.165, 1.54) is 33.9 Å². The van der Waals surface area contributed by atoms with Crippen molar-refractivity contribution in [3.05, 3.63) is 77.0 Å². The highest BCUT2D eigenvalue weighted by atomic mass is 32.2. The van der Waals surface area contributed by atoms with E-state index in [-0.39, 0.29) is 4.90 Å². The van der Waals surface area contributed by atoms with Gasteiger partial charge in [0.15, 0.2) is 0 Å². The summed E-state index contributed by atoms with van der Waals surface area (Å²) in [6.45, 7) is 15.4. The van der Waals surface area contributed by atoms with Crippen molar-refractivity contribution in [1.29, 1.82) is 0 Å². The Morgan fingerprint density at radius 1 is 0.944 bits per heavy atom. The fourth-order valence-corrected chi connectivity index (χ4v) is 5.06. The van der Waals surface area contributed by atoms with Gasteiger partial charge in [0.05, 0.1) is 17.2 Å². The van der Waals surface area contributed by atoms with Gasteiger partial charge in [0.25, 0.3) is 15.4 Å². The molecule has 0 aliphatic carbocycles. The quantitative estimate of drug-likeness (QED) is 0.196. The molecule has 0 aliphatic heterocycles. The lowest BCUT2D eigenvalue weighted by atomic mass is 10.2. The Balaban J connectivity index is 0.000000295. The number of fused-ring (bicyclic) bond motifs is 1. The zero-order chi connectivity index (χ0) is 26.7. The van der Waals surface area contributed by atoms with E-state index in [9.17, 15) is 13.0 Å². The van der Waals surface area contributed by atoms with Crippen LogP contribution >= 0.6 is 11.3 Å². The Kier molecular flexibility index (Phi) is 11.4. The summed E-state index contributed by atoms with van der Waals surface area (Å²) in [4.78, 5) is 3.16. The van der Waals surface area contributed by atoms with Gasteiger partial charge in [0, 0.05) is 24.9 Å². The molecule has 0 saturated carbocycles. The van der Waals surface area contributed by atoms with Crippen molar-refractivity contribution in [1.82, 2.24) is 0 Å². The molecule has 0 amide bonds. The van der Waals surface area contributed by atoms with Crippen LogP contribution in [0.25, 0.3) is 22.6 Å². The van der Waals surface area contributed by atoms with Gasteiger partial charge in [0.1, 0.15) is 16.7 Å². The van der Waals surface area contributed by atoms with E-state index in [0.717, 1.165) is 30.1 Å². The predicted octanol–water partition coefficient (Wildman–Crippen LogP) is 6.74. The number of anilines is 1. The summed E-state index contributed by atoms with van der Waals surface area (Å²) in [6, 6.07) is 16.6. The highest BCUT2D eigenvalue weighted by Crippen LogP contribution is 2.23. The molecular weight excluding hydrogens is 492 g/mol. The first-order valence-electron chi connectivity index (χ1n) is 12.2. The first-order chi connectivity index (χ1) is 17.3. The molecule has 0 bridgehead atoms. The maximum Gasteiger partial charge on any atom is 0.265 e. The van der Waals surface area contributed by atoms with Crippen LogP contribution in [-0.2, 0) is 16.7 Å². The molecule has 0 saturated heterocycles. The van der Waals surface area contributed by atoms with Gasteiger partial charge >= 0.3 is 0 Å². The van der Waals surface area contributed by atoms with Crippen molar-refractivity contribution >= 4 is 49.7 Å². The minimum Gasteiger partial charge on any atom is -0.744 e. The lowest BCUT2D eigenvalue weighted by Crippen LogP contribution is -2.33. The van der Waals surface area contributed by atoms with Crippen LogP contribution in [0.5, 0.6) is 0 Å². The number of rotatable bonds is 7. The zero-order valence-corrected chi connectivity index (χ0v) is 23.5. The van der Waals surface area contributed by atoms with Crippen LogP contribution in [0.15, 0.2) is 70.2 Å². The number of aryl methyl sites for hydroxylation is 2. The molecule has 8 heteroatoms. The van der Waals surface area contributed by atoms with Crippen molar-refractivity contribution in [3.63, 3.8) is 0 Å². The Morgan fingerprint density at radius 3 is 2.08 bits per heavy atom. The number of thiazole rings is 1. The number of hydrogen-bond donors (Lipinski definition) is 0. The molecule has 2 aromatic heterocycles. The molecule has 2 heterocycles. The fourth-order valence-electron chi connectivity index (χ4n) is 3.54. The molecule has 0 unspecified atom stereocenters. The van der Waals surface area contributed by atoms with E-state index in [4.69, 9.17) is 4.42 Å². The van der Waals surface area contributed by atoms with Crippen molar-refractivity contribution < 1.29 is 22.0 Å². The molecule has 0 radical (unpaired) electrons. The standard InChI is InChI=1S/C19H23N2OS.C7H8O3S.C2H6/c1-4-20(5-2)16-10-7-15(8-11-16)9-12-18-21(6-3)17-13-14-22-19(17)23-18;1-6-2-4-7(5-3-6)11(8,9)10;1-2/h7-14H,4-6H2,1-3H3;2-5H,1H3,(H,8,9,10);1-2H3/q+1;;/p-1. The molecule has 0 N–H and O–H groups in total. The van der Waals surface area contributed by atoms with E-state index in [1.807, 2.05) is 26.8 Å². The number of benzene rings is 2. The summed E-state index contributed by atoms with van der Waals surface area (Å²) < 4.78 is 39.0. The van der Waals surface area contributed by atoms with Crippen LogP contribution in [0.2, 0.25) is 0 Å². The molecule has 6 nitrogen and oxygen atoms in total. The second-order valence-electron chi connectivity index (χ2n) is 7.64. The lowest BCUT2D eigenvalue weighted by Gasteiger charge is -2.20. The third-order valence-electron chi connectivity index (χ3n) is 5.43. The summed E-state index contributed by atoms with van der Waals surface area (Å²) in [6.07, 6.45) is 6.10. The van der Waals surface area contributed by atoms with Gasteiger partial charge in [-0.15, -0.1) is 0 Å². The number of furan rings is 1. The van der Waals surface area contributed by atoms with Crippen molar-refractivity contribution in [2.24, 2.45) is 0 Å². The van der Waals surface area contributed by atoms with E-state index in [0.29, 0.717) is 0 Å². The molecule has 0 aliphatic rings. The average Bonchev–Trinajstić information content (AvgIpc) is 3.46. The molecule has 0 atom stereocenters. The van der Waals surface area contributed by atoms with Crippen LogP contribution < -0.4 is 9.47 Å². The molecule has 194 valence electrons. The van der Waals surface area contributed by atoms with E-state index < -0.39 is 10.1 Å². The van der Waals surface area contributed by atoms with Crippen LogP contribution in [0.4, 0.5) is 5.69 Å². The van der Waals surface area contributed by atoms with Crippen molar-refractivity contribution in [2.45, 2.75) is 53.0 Å². The summed E-state index contributed by atoms with van der Waals surface area (Å²) in [5, 5.41) is 1.22. The Hall–Kier alpha value is -2.94. The normalized spacial score (nSPS) is 11.1. The molecule has 0 spiro atoms. The van der Waals surface area contributed by atoms with Crippen LogP contribution in [0.3, 0.4) is 0 Å². The average molecular weight is 529 g/mol. The van der Waals surface area contributed by atoms with Gasteiger partial charge in [-0.25, -0.2) is 8.42 Å². The third kappa shape index (κ3) is 7.78. The zero-order valence-electron chi connectivity index (χ0n) is 21.9. The maximum atomic E-state index is 10.4. The lowest BCUT2D eigenvalue weighted by molar-refractivity contribution is -0.665. The number of nitrogens with zero attached hydrogens (tertiary/aromatic N) is 2. The topological polar surface area (TPSA) is 77.5 Å². The van der Waals surface area contributed by atoms with Gasteiger partial charge in [-0.1, -0.05) is 43.7 Å². The fraction of sp³-hybridized carbons (Fsp3) is 0.321. The monoisotopic (exact) mass is 528 g/mol. The van der Waals surface area contributed by atoms with Gasteiger partial charge in [-0.05, 0) is 74.9 Å². The second-order valence-corrected chi connectivity index (χ2v) is 10.0. The first kappa shape index (κ1) is 29.3. The smallest absolute Gasteiger partial charge is 0.265 e. The Bertz CT molecular complexity index is 1330. The molecule has 4 rings (SSSR count). The van der Waals surface area contributed by atoms with Crippen LogP contribution in [-0.4, -0.2) is 26.1 Å². The second kappa shape index (κ2) is 14.0. The van der Waals surface area contributed by atoms with Crippen molar-refractivity contribution in [2.75, 3.05) is 18.0 Å². The van der Waals surface area contributed by atoms with Gasteiger partial charge in [0.2, 0.25) is 0 Å². The van der Waals surface area contributed by atoms with Crippen LogP contribution in [0, 0.1) is 6.92 Å². The molecule has 36 heavy (non-hydrogen) atoms. The summed E-state index contributed by atoms with van der Waals surface area (Å²) in [7, 11) is -4.27. The summed E-state index contributed by atoms with van der Waals surface area (Å²) in [5.41, 5.74) is 4.60. The number of hydrogen-bond acceptors (Lipinski definition) is 6. The third-order valence-corrected chi connectivity index (χ3v) is 7.34. The van der Waals surface area contributed by atoms with Crippen molar-refractivity contribution in [3.8, 4) is 0 Å². The predicted molar refractivity (Wildman–Crippen MR) is 149 cm³/mol. The minimum atomic E-state index is -4.27. The van der Waals surface area contributed by atoms with Gasteiger partial charge in [-0.3, -0.25) is 0 Å². The highest BCUT2D eigenvalue weighted by Gasteiger charge is 2.19. The van der Waals surface area contributed by atoms with Crippen LogP contribution in [0.1, 0.15) is 50.8 Å². The molecule has 4 aromatic rings. The Labute approximate surface area is 219 Å².